The maximum Gasteiger partial charge on any atom is 0.401 e. The SMILES string of the molecule is CCC(O)CN(C)CC(F)(F)F. The van der Waals surface area contributed by atoms with Gasteiger partial charge in [-0.2, -0.15) is 13.2 Å². The number of alkyl halides is 3. The van der Waals surface area contributed by atoms with E-state index < -0.39 is 18.8 Å². The molecule has 0 aliphatic rings. The molecule has 0 aromatic rings. The Morgan fingerprint density at radius 2 is 1.92 bits per heavy atom. The van der Waals surface area contributed by atoms with Gasteiger partial charge < -0.3 is 5.11 Å². The second kappa shape index (κ2) is 4.67. The first kappa shape index (κ1) is 11.7. The highest BCUT2D eigenvalue weighted by Gasteiger charge is 2.29. The van der Waals surface area contributed by atoms with Crippen LogP contribution in [-0.4, -0.2) is 42.4 Å². The molecule has 5 heteroatoms. The van der Waals surface area contributed by atoms with Crippen molar-refractivity contribution >= 4 is 0 Å². The van der Waals surface area contributed by atoms with E-state index in [9.17, 15) is 13.2 Å². The van der Waals surface area contributed by atoms with Gasteiger partial charge in [0.05, 0.1) is 12.6 Å². The van der Waals surface area contributed by atoms with E-state index in [0.29, 0.717) is 6.42 Å². The highest BCUT2D eigenvalue weighted by atomic mass is 19.4. The Hall–Kier alpha value is -0.290. The van der Waals surface area contributed by atoms with Crippen LogP contribution in [0, 0.1) is 0 Å². The van der Waals surface area contributed by atoms with Crippen LogP contribution in [0.3, 0.4) is 0 Å². The first-order chi connectivity index (χ1) is 5.35. The lowest BCUT2D eigenvalue weighted by atomic mass is 10.2. The minimum atomic E-state index is -4.18. The Labute approximate surface area is 70.0 Å². The summed E-state index contributed by atoms with van der Waals surface area (Å²) in [5, 5.41) is 9.02. The second-order valence-corrected chi connectivity index (χ2v) is 2.87. The number of hydrogen-bond donors (Lipinski definition) is 1. The molecule has 0 aromatic carbocycles. The summed E-state index contributed by atoms with van der Waals surface area (Å²) < 4.78 is 35.2. The van der Waals surface area contributed by atoms with Gasteiger partial charge in [-0.3, -0.25) is 4.90 Å². The Morgan fingerprint density at radius 3 is 2.25 bits per heavy atom. The average molecular weight is 185 g/mol. The number of rotatable bonds is 4. The molecule has 1 atom stereocenters. The van der Waals surface area contributed by atoms with Crippen LogP contribution < -0.4 is 0 Å². The van der Waals surface area contributed by atoms with Crippen LogP contribution in [0.1, 0.15) is 13.3 Å². The average Bonchev–Trinajstić information content (AvgIpc) is 1.82. The molecule has 0 radical (unpaired) electrons. The molecule has 1 unspecified atom stereocenters. The Balaban J connectivity index is 3.66. The molecule has 0 spiro atoms. The van der Waals surface area contributed by atoms with Crippen molar-refractivity contribution in [3.63, 3.8) is 0 Å². The van der Waals surface area contributed by atoms with Crippen molar-refractivity contribution in [3.8, 4) is 0 Å². The van der Waals surface area contributed by atoms with Gasteiger partial charge >= 0.3 is 6.18 Å². The normalized spacial score (nSPS) is 15.2. The second-order valence-electron chi connectivity index (χ2n) is 2.87. The predicted octanol–water partition coefficient (Wildman–Crippen LogP) is 1.25. The third kappa shape index (κ3) is 6.42. The van der Waals surface area contributed by atoms with Crippen molar-refractivity contribution in [2.75, 3.05) is 20.1 Å². The molecule has 2 nitrogen and oxygen atoms in total. The van der Waals surface area contributed by atoms with Crippen molar-refractivity contribution in [1.82, 2.24) is 4.90 Å². The first-order valence-corrected chi connectivity index (χ1v) is 3.78. The molecule has 0 amide bonds. The van der Waals surface area contributed by atoms with Gasteiger partial charge in [-0.05, 0) is 13.5 Å². The maximum atomic E-state index is 11.7. The predicted molar refractivity (Wildman–Crippen MR) is 39.8 cm³/mol. The molecular weight excluding hydrogens is 171 g/mol. The van der Waals surface area contributed by atoms with Crippen molar-refractivity contribution in [2.45, 2.75) is 25.6 Å². The number of likely N-dealkylation sites (N-methyl/N-ethyl adjacent to an activating group) is 1. The third-order valence-corrected chi connectivity index (χ3v) is 1.44. The zero-order valence-corrected chi connectivity index (χ0v) is 7.23. The number of aliphatic hydroxyl groups is 1. The largest absolute Gasteiger partial charge is 0.401 e. The van der Waals surface area contributed by atoms with Gasteiger partial charge in [-0.25, -0.2) is 0 Å². The molecule has 74 valence electrons. The van der Waals surface area contributed by atoms with Gasteiger partial charge in [0, 0.05) is 6.54 Å². The van der Waals surface area contributed by atoms with Crippen LogP contribution in [0.15, 0.2) is 0 Å². The van der Waals surface area contributed by atoms with E-state index in [2.05, 4.69) is 0 Å². The van der Waals surface area contributed by atoms with Gasteiger partial charge in [-0.1, -0.05) is 6.92 Å². The fraction of sp³-hybridized carbons (Fsp3) is 1.00. The summed E-state index contributed by atoms with van der Waals surface area (Å²) in [5.41, 5.74) is 0. The molecule has 0 saturated carbocycles. The zero-order valence-electron chi connectivity index (χ0n) is 7.23. The van der Waals surface area contributed by atoms with Crippen molar-refractivity contribution in [3.05, 3.63) is 0 Å². The van der Waals surface area contributed by atoms with Crippen LogP contribution in [0.4, 0.5) is 13.2 Å². The molecule has 0 saturated heterocycles. The molecule has 0 aliphatic carbocycles. The summed E-state index contributed by atoms with van der Waals surface area (Å²) in [6.45, 7) is 0.826. The number of nitrogens with zero attached hydrogens (tertiary/aromatic N) is 1. The lowest BCUT2D eigenvalue weighted by Gasteiger charge is -2.20. The van der Waals surface area contributed by atoms with E-state index in [1.165, 1.54) is 7.05 Å². The lowest BCUT2D eigenvalue weighted by Crippen LogP contribution is -2.36. The standard InChI is InChI=1S/C7H14F3NO/c1-3-6(12)4-11(2)5-7(8,9)10/h6,12H,3-5H2,1-2H3. The molecular formula is C7H14F3NO. The third-order valence-electron chi connectivity index (χ3n) is 1.44. The summed E-state index contributed by atoms with van der Waals surface area (Å²) in [6, 6.07) is 0. The number of halogens is 3. The molecule has 0 aliphatic heterocycles. The number of hydrogen-bond acceptors (Lipinski definition) is 2. The van der Waals surface area contributed by atoms with Crippen molar-refractivity contribution in [2.24, 2.45) is 0 Å². The van der Waals surface area contributed by atoms with E-state index >= 15 is 0 Å². The fourth-order valence-electron chi connectivity index (χ4n) is 0.859. The van der Waals surface area contributed by atoms with Gasteiger partial charge in [0.2, 0.25) is 0 Å². The monoisotopic (exact) mass is 185 g/mol. The number of aliphatic hydroxyl groups excluding tert-OH is 1. The maximum absolute atomic E-state index is 11.7. The van der Waals surface area contributed by atoms with Crippen molar-refractivity contribution in [1.29, 1.82) is 0 Å². The fourth-order valence-corrected chi connectivity index (χ4v) is 0.859. The van der Waals surface area contributed by atoms with Crippen LogP contribution in [0.5, 0.6) is 0 Å². The Kier molecular flexibility index (Phi) is 4.55. The Morgan fingerprint density at radius 1 is 1.42 bits per heavy atom. The summed E-state index contributed by atoms with van der Waals surface area (Å²) in [6.07, 6.45) is -4.37. The van der Waals surface area contributed by atoms with Crippen LogP contribution in [-0.2, 0) is 0 Å². The minimum Gasteiger partial charge on any atom is -0.392 e. The quantitative estimate of drug-likeness (QED) is 0.712. The zero-order chi connectivity index (χ0) is 9.78. The molecule has 0 rings (SSSR count). The summed E-state index contributed by atoms with van der Waals surface area (Å²) in [7, 11) is 1.34. The summed E-state index contributed by atoms with van der Waals surface area (Å²) in [5.74, 6) is 0. The van der Waals surface area contributed by atoms with Crippen LogP contribution >= 0.6 is 0 Å². The van der Waals surface area contributed by atoms with E-state index in [0.717, 1.165) is 4.90 Å². The van der Waals surface area contributed by atoms with Crippen LogP contribution in [0.25, 0.3) is 0 Å². The lowest BCUT2D eigenvalue weighted by molar-refractivity contribution is -0.145. The van der Waals surface area contributed by atoms with E-state index in [4.69, 9.17) is 5.11 Å². The van der Waals surface area contributed by atoms with Gasteiger partial charge in [0.1, 0.15) is 0 Å². The topological polar surface area (TPSA) is 23.5 Å². The summed E-state index contributed by atoms with van der Waals surface area (Å²) >= 11 is 0. The Bertz CT molecular complexity index is 126. The smallest absolute Gasteiger partial charge is 0.392 e. The van der Waals surface area contributed by atoms with Crippen LogP contribution in [0.2, 0.25) is 0 Å². The molecule has 0 heterocycles. The van der Waals surface area contributed by atoms with E-state index in [1.54, 1.807) is 6.92 Å². The molecule has 0 bridgehead atoms. The highest BCUT2D eigenvalue weighted by molar-refractivity contribution is 4.63. The van der Waals surface area contributed by atoms with Gasteiger partial charge in [0.15, 0.2) is 0 Å². The van der Waals surface area contributed by atoms with Crippen molar-refractivity contribution < 1.29 is 18.3 Å². The van der Waals surface area contributed by atoms with Gasteiger partial charge in [0.25, 0.3) is 0 Å². The minimum absolute atomic E-state index is 0.0655. The molecule has 0 fully saturated rings. The van der Waals surface area contributed by atoms with E-state index in [1.807, 2.05) is 0 Å². The van der Waals surface area contributed by atoms with E-state index in [-0.39, 0.29) is 6.54 Å². The first-order valence-electron chi connectivity index (χ1n) is 3.78. The molecule has 12 heavy (non-hydrogen) atoms. The highest BCUT2D eigenvalue weighted by Crippen LogP contribution is 2.15. The molecule has 1 N–H and O–H groups in total. The van der Waals surface area contributed by atoms with Gasteiger partial charge in [-0.15, -0.1) is 0 Å². The summed E-state index contributed by atoms with van der Waals surface area (Å²) in [4.78, 5) is 1.06. The molecule has 0 aromatic heterocycles.